The smallest absolute Gasteiger partial charge is 0.135 e. The number of aryl methyl sites for hydroxylation is 1. The molecule has 0 aliphatic carbocycles. The molecule has 5 heteroatoms. The summed E-state index contributed by atoms with van der Waals surface area (Å²) in [7, 11) is 0. The monoisotopic (exact) mass is 344 g/mol. The summed E-state index contributed by atoms with van der Waals surface area (Å²) >= 11 is 1.44. The van der Waals surface area contributed by atoms with E-state index in [1.807, 2.05) is 73.0 Å². The molecule has 0 radical (unpaired) electrons. The molecular weight excluding hydrogens is 328 g/mol. The van der Waals surface area contributed by atoms with E-state index in [1.165, 1.54) is 11.3 Å². The van der Waals surface area contributed by atoms with E-state index in [2.05, 4.69) is 21.6 Å². The zero-order chi connectivity index (χ0) is 17.5. The van der Waals surface area contributed by atoms with Crippen LogP contribution in [0, 0.1) is 18.3 Å². The van der Waals surface area contributed by atoms with Crippen molar-refractivity contribution in [3.8, 4) is 6.07 Å². The highest BCUT2D eigenvalue weighted by molar-refractivity contribution is 7.10. The largest absolute Gasteiger partial charge is 0.284 e. The number of benzene rings is 2. The average Bonchev–Trinajstić information content (AvgIpc) is 3.09. The van der Waals surface area contributed by atoms with Crippen molar-refractivity contribution in [2.75, 3.05) is 0 Å². The second kappa shape index (κ2) is 8.04. The fourth-order valence-corrected chi connectivity index (χ4v) is 3.03. The van der Waals surface area contributed by atoms with Gasteiger partial charge in [-0.15, -0.1) is 11.3 Å². The van der Waals surface area contributed by atoms with Crippen molar-refractivity contribution >= 4 is 22.6 Å². The Bertz CT molecular complexity index is 893. The Hall–Kier alpha value is -3.23. The van der Waals surface area contributed by atoms with Crippen LogP contribution < -0.4 is 5.43 Å². The van der Waals surface area contributed by atoms with Crippen LogP contribution in [0.5, 0.6) is 0 Å². The summed E-state index contributed by atoms with van der Waals surface area (Å²) in [5, 5.41) is 16.5. The van der Waals surface area contributed by atoms with Gasteiger partial charge in [-0.25, -0.2) is 4.98 Å². The summed E-state index contributed by atoms with van der Waals surface area (Å²) in [5.41, 5.74) is 7.08. The van der Waals surface area contributed by atoms with Crippen molar-refractivity contribution in [3.05, 3.63) is 94.1 Å². The topological polar surface area (TPSA) is 61.1 Å². The first-order valence-corrected chi connectivity index (χ1v) is 8.62. The highest BCUT2D eigenvalue weighted by Gasteiger charge is 2.07. The quantitative estimate of drug-likeness (QED) is 0.425. The second-order valence-corrected chi connectivity index (χ2v) is 6.14. The van der Waals surface area contributed by atoms with Gasteiger partial charge < -0.3 is 0 Å². The first-order valence-electron chi connectivity index (χ1n) is 7.75. The van der Waals surface area contributed by atoms with Crippen molar-refractivity contribution in [2.45, 2.75) is 6.92 Å². The summed E-state index contributed by atoms with van der Waals surface area (Å²) in [4.78, 5) is 4.34. The van der Waals surface area contributed by atoms with E-state index in [4.69, 9.17) is 0 Å². The lowest BCUT2D eigenvalue weighted by atomic mass is 10.0. The molecular formula is C20H16N4S. The van der Waals surface area contributed by atoms with Crippen LogP contribution >= 0.6 is 11.3 Å². The van der Waals surface area contributed by atoms with Gasteiger partial charge >= 0.3 is 0 Å². The summed E-state index contributed by atoms with van der Waals surface area (Å²) in [6.07, 6.45) is 1.59. The third kappa shape index (κ3) is 4.19. The number of hydrogen-bond donors (Lipinski definition) is 1. The zero-order valence-electron chi connectivity index (χ0n) is 13.7. The molecule has 0 atom stereocenters. The highest BCUT2D eigenvalue weighted by Crippen LogP contribution is 2.18. The number of rotatable bonds is 5. The third-order valence-corrected chi connectivity index (χ3v) is 4.44. The standard InChI is InChI=1S/C20H16N4S/c1-15-14-25-20(23-15)18(12-21)13-22-24-19(16-8-4-2-5-9-16)17-10-6-3-7-11-17/h2-11,13-14,22H,1H3/b18-13+. The maximum Gasteiger partial charge on any atom is 0.135 e. The number of aromatic nitrogens is 1. The van der Waals surface area contributed by atoms with Gasteiger partial charge in [0.25, 0.3) is 0 Å². The normalized spacial score (nSPS) is 10.8. The lowest BCUT2D eigenvalue weighted by molar-refractivity contribution is 0.970. The minimum atomic E-state index is 0.460. The number of nitriles is 1. The van der Waals surface area contributed by atoms with E-state index in [0.717, 1.165) is 22.5 Å². The zero-order valence-corrected chi connectivity index (χ0v) is 14.5. The van der Waals surface area contributed by atoms with E-state index in [1.54, 1.807) is 6.20 Å². The molecule has 3 rings (SSSR count). The van der Waals surface area contributed by atoms with Gasteiger partial charge in [-0.1, -0.05) is 60.7 Å². The van der Waals surface area contributed by atoms with Crippen LogP contribution in [-0.4, -0.2) is 10.7 Å². The van der Waals surface area contributed by atoms with Gasteiger partial charge in [0.05, 0.1) is 5.71 Å². The molecule has 0 amide bonds. The minimum absolute atomic E-state index is 0.460. The Kier molecular flexibility index (Phi) is 5.35. The van der Waals surface area contributed by atoms with Crippen LogP contribution in [0.1, 0.15) is 21.8 Å². The van der Waals surface area contributed by atoms with Crippen LogP contribution in [0.4, 0.5) is 0 Å². The number of nitrogens with zero attached hydrogens (tertiary/aromatic N) is 3. The molecule has 1 heterocycles. The second-order valence-electron chi connectivity index (χ2n) is 5.29. The minimum Gasteiger partial charge on any atom is -0.284 e. The van der Waals surface area contributed by atoms with Crippen LogP contribution in [-0.2, 0) is 0 Å². The van der Waals surface area contributed by atoms with Crippen LogP contribution in [0.3, 0.4) is 0 Å². The first kappa shape index (κ1) is 16.6. The number of thiazole rings is 1. The molecule has 0 saturated carbocycles. The van der Waals surface area contributed by atoms with E-state index in [9.17, 15) is 5.26 Å². The molecule has 4 nitrogen and oxygen atoms in total. The van der Waals surface area contributed by atoms with Crippen molar-refractivity contribution in [1.29, 1.82) is 5.26 Å². The van der Waals surface area contributed by atoms with Crippen LogP contribution in [0.25, 0.3) is 5.57 Å². The summed E-state index contributed by atoms with van der Waals surface area (Å²) < 4.78 is 0. The third-order valence-electron chi connectivity index (χ3n) is 3.45. The average molecular weight is 344 g/mol. The molecule has 0 saturated heterocycles. The highest BCUT2D eigenvalue weighted by atomic mass is 32.1. The van der Waals surface area contributed by atoms with E-state index < -0.39 is 0 Å². The number of allylic oxidation sites excluding steroid dienone is 1. The maximum absolute atomic E-state index is 9.35. The molecule has 2 aromatic carbocycles. The van der Waals surface area contributed by atoms with Crippen molar-refractivity contribution < 1.29 is 0 Å². The predicted molar refractivity (Wildman–Crippen MR) is 102 cm³/mol. The number of hydrogen-bond acceptors (Lipinski definition) is 5. The van der Waals surface area contributed by atoms with Gasteiger partial charge in [0.2, 0.25) is 0 Å². The lowest BCUT2D eigenvalue weighted by Crippen LogP contribution is -2.09. The molecule has 0 aliphatic rings. The molecule has 122 valence electrons. The maximum atomic E-state index is 9.35. The Labute approximate surface area is 150 Å². The van der Waals surface area contributed by atoms with Crippen LogP contribution in [0.2, 0.25) is 0 Å². The Balaban J connectivity index is 1.92. The fraction of sp³-hybridized carbons (Fsp3) is 0.0500. The summed E-state index contributed by atoms with van der Waals surface area (Å²) in [5.74, 6) is 0. The van der Waals surface area contributed by atoms with Gasteiger partial charge in [0.15, 0.2) is 0 Å². The van der Waals surface area contributed by atoms with E-state index in [-0.39, 0.29) is 0 Å². The predicted octanol–water partition coefficient (Wildman–Crippen LogP) is 4.36. The lowest BCUT2D eigenvalue weighted by Gasteiger charge is -2.07. The molecule has 1 N–H and O–H groups in total. The van der Waals surface area contributed by atoms with Gasteiger partial charge in [-0.2, -0.15) is 10.4 Å². The van der Waals surface area contributed by atoms with Gasteiger partial charge in [0.1, 0.15) is 16.6 Å². The van der Waals surface area contributed by atoms with Crippen molar-refractivity contribution in [1.82, 2.24) is 10.4 Å². The SMILES string of the molecule is Cc1csc(/C(C#N)=C/NN=C(c2ccccc2)c2ccccc2)n1. The Morgan fingerprint density at radius 1 is 1.08 bits per heavy atom. The van der Waals surface area contributed by atoms with Crippen molar-refractivity contribution in [3.63, 3.8) is 0 Å². The van der Waals surface area contributed by atoms with Gasteiger partial charge in [0, 0.05) is 28.4 Å². The first-order chi connectivity index (χ1) is 12.3. The Morgan fingerprint density at radius 3 is 2.16 bits per heavy atom. The van der Waals surface area contributed by atoms with Crippen molar-refractivity contribution in [2.24, 2.45) is 5.10 Å². The molecule has 0 aliphatic heterocycles. The molecule has 0 bridgehead atoms. The molecule has 25 heavy (non-hydrogen) atoms. The van der Waals surface area contributed by atoms with Gasteiger partial charge in [-0.3, -0.25) is 5.43 Å². The van der Waals surface area contributed by atoms with Gasteiger partial charge in [-0.05, 0) is 6.92 Å². The fourth-order valence-electron chi connectivity index (χ4n) is 2.27. The van der Waals surface area contributed by atoms with E-state index in [0.29, 0.717) is 10.6 Å². The molecule has 3 aromatic rings. The molecule has 0 fully saturated rings. The Morgan fingerprint density at radius 2 is 1.68 bits per heavy atom. The summed E-state index contributed by atoms with van der Waals surface area (Å²) in [6, 6.07) is 22.0. The van der Waals surface area contributed by atoms with E-state index >= 15 is 0 Å². The number of nitrogens with one attached hydrogen (secondary N) is 1. The molecule has 0 spiro atoms. The molecule has 1 aromatic heterocycles. The van der Waals surface area contributed by atoms with Crippen LogP contribution in [0.15, 0.2) is 77.3 Å². The number of hydrazone groups is 1. The molecule has 0 unspecified atom stereocenters. The summed E-state index contributed by atoms with van der Waals surface area (Å²) in [6.45, 7) is 1.91.